The second-order valence-electron chi connectivity index (χ2n) is 6.29. The molecule has 0 aliphatic carbocycles. The summed E-state index contributed by atoms with van der Waals surface area (Å²) < 4.78 is 5.14. The minimum Gasteiger partial charge on any atom is -0.490 e. The van der Waals surface area contributed by atoms with E-state index in [4.69, 9.17) is 10.5 Å². The Balaban J connectivity index is 1.78. The van der Waals surface area contributed by atoms with Crippen molar-refractivity contribution < 1.29 is 14.5 Å². The van der Waals surface area contributed by atoms with E-state index in [0.717, 1.165) is 16.8 Å². The van der Waals surface area contributed by atoms with Gasteiger partial charge in [0.15, 0.2) is 5.75 Å². The lowest BCUT2D eigenvalue weighted by Gasteiger charge is -2.11. The number of carbonyl (C=O) groups is 1. The SMILES string of the molecule is COc1cc(-c2ccc3c(c2)Nc2ccc(N)cc2NC3=O)ccc1[N+](=O)[O-]. The van der Waals surface area contributed by atoms with Crippen molar-refractivity contribution in [2.45, 2.75) is 0 Å². The highest BCUT2D eigenvalue weighted by Crippen LogP contribution is 2.37. The zero-order chi connectivity index (χ0) is 19.8. The number of nitro groups is 1. The maximum Gasteiger partial charge on any atom is 0.310 e. The van der Waals surface area contributed by atoms with Crippen molar-refractivity contribution in [1.29, 1.82) is 0 Å². The third-order valence-electron chi connectivity index (χ3n) is 4.54. The van der Waals surface area contributed by atoms with Gasteiger partial charge in [0.05, 0.1) is 34.7 Å². The largest absolute Gasteiger partial charge is 0.490 e. The van der Waals surface area contributed by atoms with Crippen LogP contribution in [0.5, 0.6) is 5.75 Å². The minimum absolute atomic E-state index is 0.106. The monoisotopic (exact) mass is 376 g/mol. The number of hydrogen-bond donors (Lipinski definition) is 3. The van der Waals surface area contributed by atoms with Crippen molar-refractivity contribution in [1.82, 2.24) is 0 Å². The molecule has 0 atom stereocenters. The maximum atomic E-state index is 12.6. The summed E-state index contributed by atoms with van der Waals surface area (Å²) in [6.07, 6.45) is 0. The molecule has 0 saturated heterocycles. The number of nitrogens with two attached hydrogens (primary N) is 1. The Labute approximate surface area is 160 Å². The minimum atomic E-state index is -0.492. The molecule has 0 fully saturated rings. The number of nitrogens with one attached hydrogen (secondary N) is 2. The molecule has 3 aromatic carbocycles. The van der Waals surface area contributed by atoms with E-state index in [1.165, 1.54) is 13.2 Å². The first-order valence-corrected chi connectivity index (χ1v) is 8.41. The molecule has 0 spiro atoms. The van der Waals surface area contributed by atoms with E-state index >= 15 is 0 Å². The van der Waals surface area contributed by atoms with Gasteiger partial charge in [0.2, 0.25) is 0 Å². The fourth-order valence-electron chi connectivity index (χ4n) is 3.14. The number of ether oxygens (including phenoxy) is 1. The number of methoxy groups -OCH3 is 1. The van der Waals surface area contributed by atoms with Gasteiger partial charge in [-0.3, -0.25) is 14.9 Å². The molecule has 1 aliphatic heterocycles. The summed E-state index contributed by atoms with van der Waals surface area (Å²) in [5, 5.41) is 17.2. The average Bonchev–Trinajstić information content (AvgIpc) is 2.82. The van der Waals surface area contributed by atoms with Crippen LogP contribution in [0.2, 0.25) is 0 Å². The number of amides is 1. The fourth-order valence-corrected chi connectivity index (χ4v) is 3.14. The molecule has 1 aliphatic rings. The lowest BCUT2D eigenvalue weighted by molar-refractivity contribution is -0.385. The molecule has 8 nitrogen and oxygen atoms in total. The summed E-state index contributed by atoms with van der Waals surface area (Å²) in [6.45, 7) is 0. The molecule has 0 saturated carbocycles. The molecule has 1 heterocycles. The van der Waals surface area contributed by atoms with Crippen molar-refractivity contribution in [2.75, 3.05) is 23.5 Å². The van der Waals surface area contributed by atoms with Gasteiger partial charge in [-0.05, 0) is 53.6 Å². The summed E-state index contributed by atoms with van der Waals surface area (Å²) in [4.78, 5) is 23.2. The highest BCUT2D eigenvalue weighted by Gasteiger charge is 2.21. The number of carbonyl (C=O) groups excluding carboxylic acids is 1. The highest BCUT2D eigenvalue weighted by molar-refractivity contribution is 6.12. The van der Waals surface area contributed by atoms with Crippen LogP contribution in [-0.4, -0.2) is 17.9 Å². The van der Waals surface area contributed by atoms with E-state index in [-0.39, 0.29) is 17.3 Å². The van der Waals surface area contributed by atoms with Crippen LogP contribution in [0.4, 0.5) is 28.4 Å². The molecule has 4 rings (SSSR count). The number of benzene rings is 3. The third kappa shape index (κ3) is 2.96. The first-order chi connectivity index (χ1) is 13.5. The Morgan fingerprint density at radius 2 is 1.68 bits per heavy atom. The number of nitrogen functional groups attached to an aromatic ring is 1. The van der Waals surface area contributed by atoms with Gasteiger partial charge in [0.1, 0.15) is 0 Å². The Hall–Kier alpha value is -4.07. The fraction of sp³-hybridized carbons (Fsp3) is 0.0500. The molecular formula is C20H16N4O4. The van der Waals surface area contributed by atoms with Gasteiger partial charge >= 0.3 is 5.69 Å². The van der Waals surface area contributed by atoms with E-state index in [1.54, 1.807) is 42.5 Å². The van der Waals surface area contributed by atoms with E-state index in [0.29, 0.717) is 22.6 Å². The Bertz CT molecular complexity index is 1130. The number of fused-ring (bicyclic) bond motifs is 2. The standard InChI is InChI=1S/C20H16N4O4/c1-28-19-9-12(3-7-18(19)24(26)27)11-2-5-14-16(8-11)22-15-6-4-13(21)10-17(15)23-20(14)25/h2-10,22H,21H2,1H3,(H,23,25). The molecule has 140 valence electrons. The molecule has 1 amide bonds. The third-order valence-corrected chi connectivity index (χ3v) is 4.54. The van der Waals surface area contributed by atoms with Gasteiger partial charge in [-0.1, -0.05) is 6.07 Å². The average molecular weight is 376 g/mol. The first kappa shape index (κ1) is 17.3. The van der Waals surface area contributed by atoms with Crippen LogP contribution < -0.4 is 21.1 Å². The topological polar surface area (TPSA) is 120 Å². The van der Waals surface area contributed by atoms with Crippen LogP contribution in [0, 0.1) is 10.1 Å². The van der Waals surface area contributed by atoms with Crippen LogP contribution in [-0.2, 0) is 0 Å². The van der Waals surface area contributed by atoms with Crippen LogP contribution in [0.25, 0.3) is 11.1 Å². The molecule has 0 unspecified atom stereocenters. The quantitative estimate of drug-likeness (QED) is 0.359. The van der Waals surface area contributed by atoms with Gasteiger partial charge in [0, 0.05) is 11.8 Å². The predicted molar refractivity (Wildman–Crippen MR) is 107 cm³/mol. The molecular weight excluding hydrogens is 360 g/mol. The summed E-state index contributed by atoms with van der Waals surface area (Å²) >= 11 is 0. The number of nitrogens with zero attached hydrogens (tertiary/aromatic N) is 1. The van der Waals surface area contributed by atoms with Crippen LogP contribution in [0.3, 0.4) is 0 Å². The summed E-state index contributed by atoms with van der Waals surface area (Å²) in [5.41, 5.74) is 10.2. The second kappa shape index (κ2) is 6.58. The number of anilines is 4. The molecule has 0 radical (unpaired) electrons. The van der Waals surface area contributed by atoms with E-state index < -0.39 is 4.92 Å². The lowest BCUT2D eigenvalue weighted by atomic mass is 10.0. The lowest BCUT2D eigenvalue weighted by Crippen LogP contribution is -2.10. The second-order valence-corrected chi connectivity index (χ2v) is 6.29. The van der Waals surface area contributed by atoms with Crippen molar-refractivity contribution in [3.8, 4) is 16.9 Å². The van der Waals surface area contributed by atoms with Crippen molar-refractivity contribution in [2.24, 2.45) is 0 Å². The van der Waals surface area contributed by atoms with Gasteiger partial charge in [0.25, 0.3) is 5.91 Å². The van der Waals surface area contributed by atoms with Crippen molar-refractivity contribution >= 4 is 34.3 Å². The zero-order valence-corrected chi connectivity index (χ0v) is 14.9. The Morgan fingerprint density at radius 1 is 0.929 bits per heavy atom. The van der Waals surface area contributed by atoms with Gasteiger partial charge in [-0.2, -0.15) is 0 Å². The van der Waals surface area contributed by atoms with Gasteiger partial charge < -0.3 is 21.1 Å². The first-order valence-electron chi connectivity index (χ1n) is 8.41. The van der Waals surface area contributed by atoms with Crippen LogP contribution >= 0.6 is 0 Å². The summed E-state index contributed by atoms with van der Waals surface area (Å²) in [5.74, 6) is -0.0800. The summed E-state index contributed by atoms with van der Waals surface area (Å²) in [7, 11) is 1.39. The smallest absolute Gasteiger partial charge is 0.310 e. The Kier molecular flexibility index (Phi) is 4.08. The van der Waals surface area contributed by atoms with E-state index in [9.17, 15) is 14.9 Å². The highest BCUT2D eigenvalue weighted by atomic mass is 16.6. The van der Waals surface area contributed by atoms with Crippen LogP contribution in [0.15, 0.2) is 54.6 Å². The van der Waals surface area contributed by atoms with Gasteiger partial charge in [-0.25, -0.2) is 0 Å². The normalized spacial score (nSPS) is 12.1. The maximum absolute atomic E-state index is 12.6. The number of hydrogen-bond acceptors (Lipinski definition) is 6. The predicted octanol–water partition coefficient (Wildman–Crippen LogP) is 4.16. The van der Waals surface area contributed by atoms with Crippen molar-refractivity contribution in [3.63, 3.8) is 0 Å². The van der Waals surface area contributed by atoms with Crippen LogP contribution in [0.1, 0.15) is 10.4 Å². The summed E-state index contributed by atoms with van der Waals surface area (Å²) in [6, 6.07) is 15.2. The molecule has 28 heavy (non-hydrogen) atoms. The number of nitro benzene ring substituents is 1. The zero-order valence-electron chi connectivity index (χ0n) is 14.9. The molecule has 0 bridgehead atoms. The molecule has 4 N–H and O–H groups in total. The Morgan fingerprint density at radius 3 is 2.43 bits per heavy atom. The van der Waals surface area contributed by atoms with E-state index in [1.807, 2.05) is 6.07 Å². The van der Waals surface area contributed by atoms with Crippen molar-refractivity contribution in [3.05, 3.63) is 70.3 Å². The molecule has 0 aromatic heterocycles. The molecule has 3 aromatic rings. The molecule has 8 heteroatoms. The number of rotatable bonds is 3. The van der Waals surface area contributed by atoms with E-state index in [2.05, 4.69) is 10.6 Å². The van der Waals surface area contributed by atoms with Gasteiger partial charge in [-0.15, -0.1) is 0 Å².